The molecule has 0 spiro atoms. The fourth-order valence-corrected chi connectivity index (χ4v) is 2.01. The van der Waals surface area contributed by atoms with E-state index >= 15 is 0 Å². The molecule has 0 heterocycles. The molecule has 0 aromatic heterocycles. The number of hydrogen-bond donors (Lipinski definition) is 1. The maximum Gasteiger partial charge on any atom is 0.149 e. The zero-order chi connectivity index (χ0) is 12.3. The van der Waals surface area contributed by atoms with Crippen molar-refractivity contribution in [2.24, 2.45) is 5.92 Å². The van der Waals surface area contributed by atoms with Gasteiger partial charge in [-0.05, 0) is 41.3 Å². The van der Waals surface area contributed by atoms with Crippen molar-refractivity contribution in [2.45, 2.75) is 33.2 Å². The summed E-state index contributed by atoms with van der Waals surface area (Å²) in [5.74, 6) is -0.606. The first kappa shape index (κ1) is 13.4. The van der Waals surface area contributed by atoms with E-state index in [1.165, 1.54) is 6.07 Å². The summed E-state index contributed by atoms with van der Waals surface area (Å²) in [6, 6.07) is 2.47. The van der Waals surface area contributed by atoms with E-state index in [2.05, 4.69) is 35.1 Å². The van der Waals surface area contributed by atoms with Gasteiger partial charge in [0.05, 0.1) is 10.2 Å². The summed E-state index contributed by atoms with van der Waals surface area (Å²) in [7, 11) is 0. The molecule has 1 unspecified atom stereocenters. The number of benzene rings is 1. The molecule has 0 saturated carbocycles. The van der Waals surface area contributed by atoms with Crippen LogP contribution in [-0.2, 0) is 0 Å². The Kier molecular flexibility index (Phi) is 4.71. The monoisotopic (exact) mass is 291 g/mol. The van der Waals surface area contributed by atoms with E-state index in [0.29, 0.717) is 11.6 Å². The summed E-state index contributed by atoms with van der Waals surface area (Å²) in [5, 5.41) is 3.04. The fraction of sp³-hybridized carbons (Fsp3) is 0.500. The molecule has 0 aliphatic carbocycles. The van der Waals surface area contributed by atoms with Crippen LogP contribution in [0.1, 0.15) is 27.2 Å². The van der Waals surface area contributed by atoms with Crippen molar-refractivity contribution in [3.63, 3.8) is 0 Å². The molecule has 1 aromatic carbocycles. The van der Waals surface area contributed by atoms with Gasteiger partial charge >= 0.3 is 0 Å². The average molecular weight is 292 g/mol. The van der Waals surface area contributed by atoms with E-state index in [1.807, 2.05) is 6.92 Å². The predicted octanol–water partition coefficient (Wildman–Crippen LogP) is 4.57. The summed E-state index contributed by atoms with van der Waals surface area (Å²) < 4.78 is 26.7. The molecule has 90 valence electrons. The van der Waals surface area contributed by atoms with Gasteiger partial charge in [0.2, 0.25) is 0 Å². The normalized spacial score (nSPS) is 12.9. The number of hydrogen-bond acceptors (Lipinski definition) is 1. The standard InChI is InChI=1S/C12H16BrF2N/c1-7(2)4-8(3)16-12-5-9(13)10(14)6-11(12)15/h5-8,16H,4H2,1-3H3. The van der Waals surface area contributed by atoms with Crippen molar-refractivity contribution in [3.05, 3.63) is 28.2 Å². The van der Waals surface area contributed by atoms with E-state index in [0.717, 1.165) is 12.5 Å². The molecule has 1 aromatic rings. The van der Waals surface area contributed by atoms with E-state index in [1.54, 1.807) is 0 Å². The van der Waals surface area contributed by atoms with Crippen LogP contribution in [0.4, 0.5) is 14.5 Å². The number of rotatable bonds is 4. The van der Waals surface area contributed by atoms with E-state index < -0.39 is 11.6 Å². The predicted molar refractivity (Wildman–Crippen MR) is 66.6 cm³/mol. The van der Waals surface area contributed by atoms with Gasteiger partial charge < -0.3 is 5.32 Å². The zero-order valence-corrected chi connectivity index (χ0v) is 11.2. The molecule has 1 rings (SSSR count). The molecule has 1 atom stereocenters. The summed E-state index contributed by atoms with van der Waals surface area (Å²) >= 11 is 3.04. The van der Waals surface area contributed by atoms with Crippen molar-refractivity contribution in [3.8, 4) is 0 Å². The first-order chi connectivity index (χ1) is 7.40. The minimum Gasteiger partial charge on any atom is -0.380 e. The molecular formula is C12H16BrF2N. The highest BCUT2D eigenvalue weighted by Gasteiger charge is 2.11. The lowest BCUT2D eigenvalue weighted by atomic mass is 10.1. The maximum atomic E-state index is 13.4. The summed E-state index contributed by atoms with van der Waals surface area (Å²) in [6.07, 6.45) is 0.939. The van der Waals surface area contributed by atoms with Gasteiger partial charge in [0, 0.05) is 12.1 Å². The van der Waals surface area contributed by atoms with Crippen molar-refractivity contribution in [2.75, 3.05) is 5.32 Å². The Morgan fingerprint density at radius 3 is 2.38 bits per heavy atom. The zero-order valence-electron chi connectivity index (χ0n) is 9.65. The minimum absolute atomic E-state index is 0.159. The van der Waals surface area contributed by atoms with Gasteiger partial charge in [0.25, 0.3) is 0 Å². The molecule has 4 heteroatoms. The Bertz CT molecular complexity index is 366. The molecule has 16 heavy (non-hydrogen) atoms. The van der Waals surface area contributed by atoms with Crippen molar-refractivity contribution < 1.29 is 8.78 Å². The molecule has 0 aliphatic heterocycles. The molecule has 0 bridgehead atoms. The SMILES string of the molecule is CC(C)CC(C)Nc1cc(Br)c(F)cc1F. The van der Waals surface area contributed by atoms with Gasteiger partial charge in [-0.2, -0.15) is 0 Å². The highest BCUT2D eigenvalue weighted by atomic mass is 79.9. The van der Waals surface area contributed by atoms with Crippen molar-refractivity contribution in [1.82, 2.24) is 0 Å². The van der Waals surface area contributed by atoms with E-state index in [-0.39, 0.29) is 10.5 Å². The third-order valence-corrected chi connectivity index (χ3v) is 2.84. The first-order valence-corrected chi connectivity index (χ1v) is 6.10. The lowest BCUT2D eigenvalue weighted by molar-refractivity contribution is 0.533. The maximum absolute atomic E-state index is 13.4. The van der Waals surface area contributed by atoms with Crippen LogP contribution in [0.25, 0.3) is 0 Å². The van der Waals surface area contributed by atoms with Crippen LogP contribution >= 0.6 is 15.9 Å². The average Bonchev–Trinajstić information content (AvgIpc) is 2.12. The summed E-state index contributed by atoms with van der Waals surface area (Å²) in [5.41, 5.74) is 0.335. The van der Waals surface area contributed by atoms with Crippen LogP contribution in [0.5, 0.6) is 0 Å². The van der Waals surface area contributed by atoms with Crippen LogP contribution in [0.15, 0.2) is 16.6 Å². The van der Waals surface area contributed by atoms with Gasteiger partial charge in [-0.25, -0.2) is 8.78 Å². The fourth-order valence-electron chi connectivity index (χ4n) is 1.66. The minimum atomic E-state index is -0.584. The van der Waals surface area contributed by atoms with Crippen LogP contribution in [0, 0.1) is 17.6 Å². The molecule has 0 saturated heterocycles. The smallest absolute Gasteiger partial charge is 0.149 e. The highest BCUT2D eigenvalue weighted by molar-refractivity contribution is 9.10. The Hall–Kier alpha value is -0.640. The third-order valence-electron chi connectivity index (χ3n) is 2.24. The highest BCUT2D eigenvalue weighted by Crippen LogP contribution is 2.24. The molecule has 0 amide bonds. The Morgan fingerprint density at radius 2 is 1.81 bits per heavy atom. The first-order valence-electron chi connectivity index (χ1n) is 5.31. The molecule has 0 fully saturated rings. The topological polar surface area (TPSA) is 12.0 Å². The molecular weight excluding hydrogens is 276 g/mol. The molecule has 1 nitrogen and oxygen atoms in total. The van der Waals surface area contributed by atoms with Crippen LogP contribution < -0.4 is 5.32 Å². The second-order valence-corrected chi connectivity index (χ2v) is 5.28. The summed E-state index contributed by atoms with van der Waals surface area (Å²) in [6.45, 7) is 6.20. The number of halogens is 3. The second-order valence-electron chi connectivity index (χ2n) is 4.42. The second kappa shape index (κ2) is 5.62. The Balaban J connectivity index is 2.77. The molecule has 1 N–H and O–H groups in total. The van der Waals surface area contributed by atoms with Gasteiger partial charge in [-0.3, -0.25) is 0 Å². The van der Waals surface area contributed by atoms with Crippen LogP contribution in [-0.4, -0.2) is 6.04 Å². The summed E-state index contributed by atoms with van der Waals surface area (Å²) in [4.78, 5) is 0. The van der Waals surface area contributed by atoms with Gasteiger partial charge in [-0.15, -0.1) is 0 Å². The Morgan fingerprint density at radius 1 is 1.19 bits per heavy atom. The molecule has 0 radical (unpaired) electrons. The van der Waals surface area contributed by atoms with Gasteiger partial charge in [0.1, 0.15) is 11.6 Å². The van der Waals surface area contributed by atoms with Crippen LogP contribution in [0.2, 0.25) is 0 Å². The van der Waals surface area contributed by atoms with E-state index in [9.17, 15) is 8.78 Å². The molecule has 0 aliphatic rings. The lowest BCUT2D eigenvalue weighted by Crippen LogP contribution is -2.18. The number of nitrogens with one attached hydrogen (secondary N) is 1. The van der Waals surface area contributed by atoms with Crippen LogP contribution in [0.3, 0.4) is 0 Å². The largest absolute Gasteiger partial charge is 0.380 e. The lowest BCUT2D eigenvalue weighted by Gasteiger charge is -2.18. The van der Waals surface area contributed by atoms with Crippen molar-refractivity contribution >= 4 is 21.6 Å². The number of anilines is 1. The van der Waals surface area contributed by atoms with Gasteiger partial charge in [-0.1, -0.05) is 13.8 Å². The third kappa shape index (κ3) is 3.74. The van der Waals surface area contributed by atoms with Gasteiger partial charge in [0.15, 0.2) is 0 Å². The van der Waals surface area contributed by atoms with Crippen molar-refractivity contribution in [1.29, 1.82) is 0 Å². The quantitative estimate of drug-likeness (QED) is 0.801. The Labute approximate surface area is 103 Å². The van der Waals surface area contributed by atoms with E-state index in [4.69, 9.17) is 0 Å².